The first-order valence-electron chi connectivity index (χ1n) is 11.4. The third kappa shape index (κ3) is 18.1. The molecule has 0 aromatic rings. The number of ether oxygens (including phenoxy) is 1. The summed E-state index contributed by atoms with van der Waals surface area (Å²) in [5.74, 6) is 0.0425. The highest BCUT2D eigenvalue weighted by Gasteiger charge is 2.13. The fourth-order valence-corrected chi connectivity index (χ4v) is 3.33. The summed E-state index contributed by atoms with van der Waals surface area (Å²) in [4.78, 5) is 12.1. The number of rotatable bonds is 19. The molecule has 0 atom stereocenters. The predicted molar refractivity (Wildman–Crippen MR) is 110 cm³/mol. The predicted octanol–water partition coefficient (Wildman–Crippen LogP) is 7.98. The third-order valence-corrected chi connectivity index (χ3v) is 5.04. The van der Waals surface area contributed by atoms with Crippen LogP contribution in [0, 0.1) is 0 Å². The van der Waals surface area contributed by atoms with Crippen molar-refractivity contribution in [2.45, 2.75) is 142 Å². The van der Waals surface area contributed by atoms with Crippen LogP contribution in [-0.2, 0) is 9.53 Å². The van der Waals surface area contributed by atoms with E-state index in [-0.39, 0.29) is 12.1 Å². The van der Waals surface area contributed by atoms with E-state index in [9.17, 15) is 4.79 Å². The molecule has 0 spiro atoms. The second-order valence-corrected chi connectivity index (χ2v) is 7.68. The van der Waals surface area contributed by atoms with E-state index in [2.05, 4.69) is 20.8 Å². The first-order chi connectivity index (χ1) is 12.2. The Balaban J connectivity index is 3.70. The average Bonchev–Trinajstić information content (AvgIpc) is 2.60. The molecule has 0 saturated heterocycles. The first kappa shape index (κ1) is 24.5. The second-order valence-electron chi connectivity index (χ2n) is 7.68. The highest BCUT2D eigenvalue weighted by Crippen LogP contribution is 2.16. The molecule has 25 heavy (non-hydrogen) atoms. The molecular formula is C23H46O2. The van der Waals surface area contributed by atoms with Crippen LogP contribution in [0.4, 0.5) is 0 Å². The summed E-state index contributed by atoms with van der Waals surface area (Å²) >= 11 is 0. The van der Waals surface area contributed by atoms with Crippen LogP contribution in [0.2, 0.25) is 0 Å². The zero-order chi connectivity index (χ0) is 18.6. The van der Waals surface area contributed by atoms with Crippen molar-refractivity contribution in [3.05, 3.63) is 0 Å². The van der Waals surface area contributed by atoms with Crippen molar-refractivity contribution in [3.63, 3.8) is 0 Å². The minimum atomic E-state index is 0.0425. The lowest BCUT2D eigenvalue weighted by Crippen LogP contribution is -2.18. The van der Waals surface area contributed by atoms with Crippen LogP contribution in [0.15, 0.2) is 0 Å². The molecule has 0 saturated carbocycles. The maximum Gasteiger partial charge on any atom is 0.306 e. The minimum Gasteiger partial charge on any atom is -0.462 e. The molecule has 0 unspecified atom stereocenters. The standard InChI is InChI=1S/C23H46O2/c1-4-7-10-11-12-13-14-15-18-21-23(24)25-22(19-16-8-5-2)20-17-9-6-3/h22H,4-21H2,1-3H3. The van der Waals surface area contributed by atoms with Crippen LogP contribution in [0.25, 0.3) is 0 Å². The van der Waals surface area contributed by atoms with Crippen molar-refractivity contribution in [2.24, 2.45) is 0 Å². The normalized spacial score (nSPS) is 11.2. The largest absolute Gasteiger partial charge is 0.462 e. The van der Waals surface area contributed by atoms with E-state index in [4.69, 9.17) is 4.74 Å². The van der Waals surface area contributed by atoms with Crippen molar-refractivity contribution < 1.29 is 9.53 Å². The molecule has 2 heteroatoms. The van der Waals surface area contributed by atoms with Gasteiger partial charge in [-0.3, -0.25) is 4.79 Å². The van der Waals surface area contributed by atoms with Crippen molar-refractivity contribution in [1.29, 1.82) is 0 Å². The molecule has 0 amide bonds. The van der Waals surface area contributed by atoms with Crippen molar-refractivity contribution >= 4 is 5.97 Å². The maximum absolute atomic E-state index is 12.1. The highest BCUT2D eigenvalue weighted by atomic mass is 16.5. The Bertz CT molecular complexity index is 265. The van der Waals surface area contributed by atoms with E-state index in [1.165, 1.54) is 89.9 Å². The Morgan fingerprint density at radius 1 is 0.600 bits per heavy atom. The monoisotopic (exact) mass is 354 g/mol. The van der Waals surface area contributed by atoms with Crippen LogP contribution in [0.1, 0.15) is 136 Å². The summed E-state index contributed by atoms with van der Waals surface area (Å²) in [7, 11) is 0. The van der Waals surface area contributed by atoms with Gasteiger partial charge in [0.15, 0.2) is 0 Å². The topological polar surface area (TPSA) is 26.3 Å². The van der Waals surface area contributed by atoms with Gasteiger partial charge in [-0.2, -0.15) is 0 Å². The van der Waals surface area contributed by atoms with Crippen LogP contribution < -0.4 is 0 Å². The molecule has 0 bridgehead atoms. The summed E-state index contributed by atoms with van der Waals surface area (Å²) in [6.45, 7) is 6.71. The number of esters is 1. The number of hydrogen-bond donors (Lipinski definition) is 0. The van der Waals surface area contributed by atoms with E-state index in [0.29, 0.717) is 6.42 Å². The Hall–Kier alpha value is -0.530. The Morgan fingerprint density at radius 3 is 1.48 bits per heavy atom. The highest BCUT2D eigenvalue weighted by molar-refractivity contribution is 5.69. The van der Waals surface area contributed by atoms with E-state index in [0.717, 1.165) is 19.3 Å². The fourth-order valence-electron chi connectivity index (χ4n) is 3.33. The van der Waals surface area contributed by atoms with Gasteiger partial charge >= 0.3 is 5.97 Å². The third-order valence-electron chi connectivity index (χ3n) is 5.04. The van der Waals surface area contributed by atoms with Gasteiger partial charge in [0.25, 0.3) is 0 Å². The summed E-state index contributed by atoms with van der Waals surface area (Å²) in [6.07, 6.45) is 21.9. The van der Waals surface area contributed by atoms with Gasteiger partial charge in [-0.25, -0.2) is 0 Å². The molecule has 0 rings (SSSR count). The number of carbonyl (C=O) groups excluding carboxylic acids is 1. The molecule has 0 aromatic carbocycles. The van der Waals surface area contributed by atoms with Crippen LogP contribution >= 0.6 is 0 Å². The lowest BCUT2D eigenvalue weighted by molar-refractivity contribution is -0.150. The summed E-state index contributed by atoms with van der Waals surface area (Å²) in [6, 6.07) is 0. The second kappa shape index (κ2) is 19.8. The fraction of sp³-hybridized carbons (Fsp3) is 0.957. The Kier molecular flexibility index (Phi) is 19.4. The van der Waals surface area contributed by atoms with Gasteiger partial charge in [-0.1, -0.05) is 97.8 Å². The number of unbranched alkanes of at least 4 members (excludes halogenated alkanes) is 12. The minimum absolute atomic E-state index is 0.0425. The molecule has 0 aliphatic heterocycles. The molecule has 0 radical (unpaired) electrons. The van der Waals surface area contributed by atoms with Gasteiger partial charge in [0.2, 0.25) is 0 Å². The van der Waals surface area contributed by atoms with E-state index < -0.39 is 0 Å². The van der Waals surface area contributed by atoms with E-state index in [1.807, 2.05) is 0 Å². The van der Waals surface area contributed by atoms with Gasteiger partial charge in [0.05, 0.1) is 0 Å². The van der Waals surface area contributed by atoms with Crippen molar-refractivity contribution in [3.8, 4) is 0 Å². The van der Waals surface area contributed by atoms with Crippen LogP contribution in [0.3, 0.4) is 0 Å². The lowest BCUT2D eigenvalue weighted by Gasteiger charge is -2.18. The molecule has 0 aliphatic carbocycles. The molecule has 2 nitrogen and oxygen atoms in total. The van der Waals surface area contributed by atoms with Gasteiger partial charge < -0.3 is 4.74 Å². The zero-order valence-corrected chi connectivity index (χ0v) is 17.6. The average molecular weight is 355 g/mol. The Morgan fingerprint density at radius 2 is 1.00 bits per heavy atom. The molecule has 0 heterocycles. The molecule has 150 valence electrons. The molecule has 0 aliphatic rings. The molecule has 0 N–H and O–H groups in total. The zero-order valence-electron chi connectivity index (χ0n) is 17.6. The van der Waals surface area contributed by atoms with Gasteiger partial charge in [-0.05, 0) is 32.1 Å². The SMILES string of the molecule is CCCCCCCCCCCC(=O)OC(CCCCC)CCCCC. The Labute approximate surface area is 158 Å². The van der Waals surface area contributed by atoms with Crippen molar-refractivity contribution in [1.82, 2.24) is 0 Å². The van der Waals surface area contributed by atoms with Gasteiger partial charge in [0, 0.05) is 6.42 Å². The number of hydrogen-bond acceptors (Lipinski definition) is 2. The van der Waals surface area contributed by atoms with Crippen LogP contribution in [0.5, 0.6) is 0 Å². The maximum atomic E-state index is 12.1. The molecule has 0 aromatic heterocycles. The van der Waals surface area contributed by atoms with Crippen molar-refractivity contribution in [2.75, 3.05) is 0 Å². The van der Waals surface area contributed by atoms with Gasteiger partial charge in [0.1, 0.15) is 6.10 Å². The molecule has 0 fully saturated rings. The van der Waals surface area contributed by atoms with Crippen LogP contribution in [-0.4, -0.2) is 12.1 Å². The van der Waals surface area contributed by atoms with E-state index in [1.54, 1.807) is 0 Å². The summed E-state index contributed by atoms with van der Waals surface area (Å²) < 4.78 is 5.78. The quantitative estimate of drug-likeness (QED) is 0.173. The van der Waals surface area contributed by atoms with Gasteiger partial charge in [-0.15, -0.1) is 0 Å². The summed E-state index contributed by atoms with van der Waals surface area (Å²) in [5, 5.41) is 0. The lowest BCUT2D eigenvalue weighted by atomic mass is 10.0. The smallest absolute Gasteiger partial charge is 0.306 e. The molecular weight excluding hydrogens is 308 g/mol. The van der Waals surface area contributed by atoms with E-state index >= 15 is 0 Å². The first-order valence-corrected chi connectivity index (χ1v) is 11.4. The number of carbonyl (C=O) groups is 1. The summed E-state index contributed by atoms with van der Waals surface area (Å²) in [5.41, 5.74) is 0.